The molecule has 0 spiro atoms. The Hall–Kier alpha value is -1.91. The molecule has 0 amide bonds. The maximum Gasteiger partial charge on any atom is 0.509 e. The van der Waals surface area contributed by atoms with Crippen LogP contribution >= 0.6 is 0 Å². The third-order valence-corrected chi connectivity index (χ3v) is 3.10. The minimum Gasteiger partial charge on any atom is -0.489 e. The first-order valence-electron chi connectivity index (χ1n) is 6.50. The number of hydrogen-bond acceptors (Lipinski definition) is 1. The summed E-state index contributed by atoms with van der Waals surface area (Å²) in [4.78, 5) is 0. The van der Waals surface area contributed by atoms with Gasteiger partial charge in [0.1, 0.15) is 12.4 Å². The molecule has 0 saturated heterocycles. The topological polar surface area (TPSA) is 9.23 Å². The van der Waals surface area contributed by atoms with E-state index in [4.69, 9.17) is 4.74 Å². The van der Waals surface area contributed by atoms with Crippen molar-refractivity contribution < 1.29 is 17.7 Å². The lowest BCUT2D eigenvalue weighted by Gasteiger charge is -2.20. The number of rotatable bonds is 5. The SMILES string of the molecule is CCc1cc(OCc2ccccc2)ccc1[B-](F)(F)F. The predicted molar refractivity (Wildman–Crippen MR) is 75.3 cm³/mol. The van der Waals surface area contributed by atoms with Crippen LogP contribution in [0.5, 0.6) is 5.75 Å². The molecule has 0 fully saturated rings. The van der Waals surface area contributed by atoms with Gasteiger partial charge in [-0.05, 0) is 24.1 Å². The smallest absolute Gasteiger partial charge is 0.489 e. The first-order chi connectivity index (χ1) is 9.50. The van der Waals surface area contributed by atoms with Crippen LogP contribution in [0, 0.1) is 0 Å². The number of benzene rings is 2. The molecule has 0 aliphatic rings. The van der Waals surface area contributed by atoms with E-state index in [-0.39, 0.29) is 5.56 Å². The van der Waals surface area contributed by atoms with Crippen molar-refractivity contribution in [3.8, 4) is 5.75 Å². The molecule has 0 aromatic heterocycles. The van der Waals surface area contributed by atoms with Crippen molar-refractivity contribution in [2.45, 2.75) is 20.0 Å². The molecule has 1 nitrogen and oxygen atoms in total. The Morgan fingerprint density at radius 1 is 1.00 bits per heavy atom. The van der Waals surface area contributed by atoms with E-state index in [2.05, 4.69) is 0 Å². The number of aryl methyl sites for hydroxylation is 1. The van der Waals surface area contributed by atoms with E-state index >= 15 is 0 Å². The van der Waals surface area contributed by atoms with Crippen LogP contribution in [-0.2, 0) is 13.0 Å². The molecule has 0 bridgehead atoms. The summed E-state index contributed by atoms with van der Waals surface area (Å²) in [6.07, 6.45) is 0.332. The second-order valence-electron chi connectivity index (χ2n) is 4.56. The van der Waals surface area contributed by atoms with Gasteiger partial charge in [0.15, 0.2) is 0 Å². The summed E-state index contributed by atoms with van der Waals surface area (Å²) in [5.74, 6) is 0.467. The Balaban J connectivity index is 2.14. The minimum absolute atomic E-state index is 0.281. The molecule has 5 heteroatoms. The van der Waals surface area contributed by atoms with Crippen LogP contribution in [0.4, 0.5) is 12.9 Å². The lowest BCUT2D eigenvalue weighted by atomic mass is 9.76. The maximum atomic E-state index is 12.8. The van der Waals surface area contributed by atoms with Crippen molar-refractivity contribution in [2.24, 2.45) is 0 Å². The first kappa shape index (κ1) is 14.5. The third kappa shape index (κ3) is 3.56. The highest BCUT2D eigenvalue weighted by Crippen LogP contribution is 2.19. The average Bonchev–Trinajstić information content (AvgIpc) is 2.45. The van der Waals surface area contributed by atoms with Gasteiger partial charge in [-0.25, -0.2) is 0 Å². The molecule has 0 atom stereocenters. The van der Waals surface area contributed by atoms with E-state index in [9.17, 15) is 12.9 Å². The standard InChI is InChI=1S/C15H15BF3O/c1-2-13-10-14(8-9-15(13)16(17,18)19)20-11-12-6-4-3-5-7-12/h3-10H,2,11H2,1H3/q-1. The second-order valence-corrected chi connectivity index (χ2v) is 4.56. The summed E-state index contributed by atoms with van der Waals surface area (Å²) in [6.45, 7) is -2.91. The van der Waals surface area contributed by atoms with Gasteiger partial charge >= 0.3 is 6.98 Å². The zero-order valence-electron chi connectivity index (χ0n) is 11.2. The molecule has 2 rings (SSSR count). The van der Waals surface area contributed by atoms with Crippen LogP contribution in [0.3, 0.4) is 0 Å². The normalized spacial score (nSPS) is 11.4. The summed E-state index contributed by atoms with van der Waals surface area (Å²) in [5, 5.41) is 0. The molecule has 2 aromatic carbocycles. The Bertz CT molecular complexity index is 567. The zero-order valence-corrected chi connectivity index (χ0v) is 11.2. The molecule has 0 N–H and O–H groups in total. The Kier molecular flexibility index (Phi) is 4.37. The summed E-state index contributed by atoms with van der Waals surface area (Å²) in [7, 11) is 0. The lowest BCUT2D eigenvalue weighted by molar-refractivity contribution is 0.306. The van der Waals surface area contributed by atoms with Crippen LogP contribution in [-0.4, -0.2) is 6.98 Å². The molecule has 0 unspecified atom stereocenters. The van der Waals surface area contributed by atoms with E-state index in [1.165, 1.54) is 12.1 Å². The Labute approximate surface area is 116 Å². The van der Waals surface area contributed by atoms with Crippen molar-refractivity contribution in [1.82, 2.24) is 0 Å². The van der Waals surface area contributed by atoms with Gasteiger partial charge in [0.25, 0.3) is 0 Å². The number of ether oxygens (including phenoxy) is 1. The van der Waals surface area contributed by atoms with Crippen molar-refractivity contribution in [3.05, 3.63) is 59.7 Å². The predicted octanol–water partition coefficient (Wildman–Crippen LogP) is 3.88. The van der Waals surface area contributed by atoms with Gasteiger partial charge in [-0.2, -0.15) is 0 Å². The van der Waals surface area contributed by atoms with E-state index < -0.39 is 12.4 Å². The molecule has 2 aromatic rings. The lowest BCUT2D eigenvalue weighted by Crippen LogP contribution is -2.36. The molecule has 0 heterocycles. The largest absolute Gasteiger partial charge is 0.509 e. The van der Waals surface area contributed by atoms with Crippen LogP contribution in [0.1, 0.15) is 18.1 Å². The van der Waals surface area contributed by atoms with Gasteiger partial charge in [0, 0.05) is 0 Å². The molecule has 0 aliphatic heterocycles. The van der Waals surface area contributed by atoms with Gasteiger partial charge in [-0.1, -0.05) is 48.9 Å². The summed E-state index contributed by atoms with van der Waals surface area (Å²) in [5.41, 5.74) is 0.734. The molecular formula is C15H15BF3O-. The zero-order chi connectivity index (χ0) is 14.6. The van der Waals surface area contributed by atoms with E-state index in [0.717, 1.165) is 11.6 Å². The Morgan fingerprint density at radius 3 is 2.30 bits per heavy atom. The fraction of sp³-hybridized carbons (Fsp3) is 0.200. The quantitative estimate of drug-likeness (QED) is 0.755. The van der Waals surface area contributed by atoms with E-state index in [1.807, 2.05) is 30.3 Å². The number of hydrogen-bond donors (Lipinski definition) is 0. The fourth-order valence-electron chi connectivity index (χ4n) is 2.04. The highest BCUT2D eigenvalue weighted by atomic mass is 19.4. The molecular weight excluding hydrogens is 264 g/mol. The summed E-state index contributed by atoms with van der Waals surface area (Å²) in [6, 6.07) is 13.5. The first-order valence-corrected chi connectivity index (χ1v) is 6.50. The van der Waals surface area contributed by atoms with Gasteiger partial charge in [-0.3, -0.25) is 0 Å². The van der Waals surface area contributed by atoms with Gasteiger partial charge in [0.05, 0.1) is 0 Å². The van der Waals surface area contributed by atoms with Crippen molar-refractivity contribution in [1.29, 1.82) is 0 Å². The fourth-order valence-corrected chi connectivity index (χ4v) is 2.04. The monoisotopic (exact) mass is 279 g/mol. The van der Waals surface area contributed by atoms with E-state index in [1.54, 1.807) is 6.92 Å². The molecule has 0 radical (unpaired) electrons. The molecule has 0 aliphatic carbocycles. The highest BCUT2D eigenvalue weighted by Gasteiger charge is 2.27. The van der Waals surface area contributed by atoms with Crippen LogP contribution in [0.15, 0.2) is 48.5 Å². The summed E-state index contributed by atoms with van der Waals surface area (Å²) >= 11 is 0. The van der Waals surface area contributed by atoms with Crippen LogP contribution in [0.2, 0.25) is 0 Å². The Morgan fingerprint density at radius 2 is 1.70 bits per heavy atom. The van der Waals surface area contributed by atoms with Crippen LogP contribution < -0.4 is 10.2 Å². The van der Waals surface area contributed by atoms with Crippen LogP contribution in [0.25, 0.3) is 0 Å². The molecule has 106 valence electrons. The van der Waals surface area contributed by atoms with Gasteiger partial charge in [-0.15, -0.1) is 5.46 Å². The van der Waals surface area contributed by atoms with Crippen molar-refractivity contribution >= 4 is 12.4 Å². The number of halogens is 3. The van der Waals surface area contributed by atoms with Gasteiger partial charge < -0.3 is 17.7 Å². The average molecular weight is 279 g/mol. The van der Waals surface area contributed by atoms with Crippen molar-refractivity contribution in [3.63, 3.8) is 0 Å². The summed E-state index contributed by atoms with van der Waals surface area (Å²) < 4.78 is 44.1. The second kappa shape index (κ2) is 6.03. The highest BCUT2D eigenvalue weighted by molar-refractivity contribution is 6.74. The van der Waals surface area contributed by atoms with Gasteiger partial charge in [0.2, 0.25) is 0 Å². The molecule has 0 saturated carbocycles. The van der Waals surface area contributed by atoms with Crippen molar-refractivity contribution in [2.75, 3.05) is 0 Å². The molecule has 20 heavy (non-hydrogen) atoms. The maximum absolute atomic E-state index is 12.8. The minimum atomic E-state index is -4.97. The third-order valence-electron chi connectivity index (χ3n) is 3.10. The van der Waals surface area contributed by atoms with E-state index in [0.29, 0.717) is 18.8 Å².